The summed E-state index contributed by atoms with van der Waals surface area (Å²) in [6.45, 7) is 3.89. The van der Waals surface area contributed by atoms with Crippen LogP contribution >= 0.6 is 0 Å². The van der Waals surface area contributed by atoms with Gasteiger partial charge >= 0.3 is 0 Å². The van der Waals surface area contributed by atoms with Gasteiger partial charge in [0.05, 0.1) is 30.9 Å². The summed E-state index contributed by atoms with van der Waals surface area (Å²) in [4.78, 5) is 25.4. The lowest BCUT2D eigenvalue weighted by molar-refractivity contribution is -0.125. The fourth-order valence-electron chi connectivity index (χ4n) is 5.92. The van der Waals surface area contributed by atoms with Crippen molar-refractivity contribution in [3.8, 4) is 11.4 Å². The average molecular weight is 526 g/mol. The van der Waals surface area contributed by atoms with Crippen LogP contribution in [0.1, 0.15) is 41.6 Å². The fraction of sp³-hybridized carbons (Fsp3) is 0.387. The molecule has 1 amide bonds. The molecular formula is C31H35N5O3. The minimum atomic E-state index is 0.0264. The van der Waals surface area contributed by atoms with E-state index in [0.29, 0.717) is 13.2 Å². The number of carbonyl (C=O) groups excluding carboxylic acids is 1. The van der Waals surface area contributed by atoms with Crippen molar-refractivity contribution in [2.75, 3.05) is 26.8 Å². The Morgan fingerprint density at radius 1 is 1.21 bits per heavy atom. The van der Waals surface area contributed by atoms with E-state index in [0.717, 1.165) is 72.8 Å². The van der Waals surface area contributed by atoms with Gasteiger partial charge in [-0.2, -0.15) is 0 Å². The van der Waals surface area contributed by atoms with E-state index in [1.54, 1.807) is 13.4 Å². The summed E-state index contributed by atoms with van der Waals surface area (Å²) < 4.78 is 7.67. The van der Waals surface area contributed by atoms with Gasteiger partial charge in [0.1, 0.15) is 12.4 Å². The summed E-state index contributed by atoms with van der Waals surface area (Å²) in [5.74, 6) is 1.81. The zero-order valence-corrected chi connectivity index (χ0v) is 22.6. The number of fused-ring (bicyclic) bond motifs is 2. The van der Waals surface area contributed by atoms with E-state index >= 15 is 0 Å². The van der Waals surface area contributed by atoms with Crippen molar-refractivity contribution in [2.24, 2.45) is 11.1 Å². The normalized spacial score (nSPS) is 21.4. The van der Waals surface area contributed by atoms with Crippen molar-refractivity contribution >= 4 is 17.8 Å². The number of benzene rings is 2. The number of hydrogen-bond donors (Lipinski definition) is 1. The highest BCUT2D eigenvalue weighted by Gasteiger charge is 2.33. The van der Waals surface area contributed by atoms with Crippen LogP contribution in [0.25, 0.3) is 11.8 Å². The number of hydrogen-bond acceptors (Lipinski definition) is 6. The van der Waals surface area contributed by atoms with Crippen LogP contribution in [-0.4, -0.2) is 59.0 Å². The smallest absolute Gasteiger partial charge is 0.223 e. The van der Waals surface area contributed by atoms with Gasteiger partial charge in [0.15, 0.2) is 5.84 Å². The van der Waals surface area contributed by atoms with Crippen LogP contribution in [0.3, 0.4) is 0 Å². The molecule has 1 aliphatic carbocycles. The number of methoxy groups -OCH3 is 1. The van der Waals surface area contributed by atoms with Crippen LogP contribution in [-0.2, 0) is 22.5 Å². The maximum absolute atomic E-state index is 13.1. The van der Waals surface area contributed by atoms with E-state index in [-0.39, 0.29) is 17.9 Å². The quantitative estimate of drug-likeness (QED) is 0.519. The third-order valence-electron chi connectivity index (χ3n) is 8.03. The minimum absolute atomic E-state index is 0.0264. The van der Waals surface area contributed by atoms with Gasteiger partial charge in [-0.05, 0) is 79.5 Å². The first kappa shape index (κ1) is 25.2. The van der Waals surface area contributed by atoms with Crippen molar-refractivity contribution in [3.05, 3.63) is 82.9 Å². The predicted octanol–water partition coefficient (Wildman–Crippen LogP) is 4.30. The second-order valence-electron chi connectivity index (χ2n) is 10.6. The lowest BCUT2D eigenvalue weighted by atomic mass is 9.83. The Bertz CT molecular complexity index is 1430. The van der Waals surface area contributed by atoms with Crippen molar-refractivity contribution in [1.29, 1.82) is 0 Å². The number of rotatable bonds is 6. The number of piperidine rings is 1. The lowest BCUT2D eigenvalue weighted by Gasteiger charge is -2.40. The summed E-state index contributed by atoms with van der Waals surface area (Å²) in [6.07, 6.45) is 10.6. The third-order valence-corrected chi connectivity index (χ3v) is 8.03. The molecule has 1 fully saturated rings. The molecule has 1 aromatic heterocycles. The van der Waals surface area contributed by atoms with Gasteiger partial charge in [0.25, 0.3) is 0 Å². The van der Waals surface area contributed by atoms with Crippen molar-refractivity contribution in [1.82, 2.24) is 19.8 Å². The minimum Gasteiger partial charge on any atom is -0.495 e. The predicted molar refractivity (Wildman–Crippen MR) is 151 cm³/mol. The molecule has 0 spiro atoms. The topological polar surface area (TPSA) is 81.0 Å². The average Bonchev–Trinajstić information content (AvgIpc) is 3.41. The summed E-state index contributed by atoms with van der Waals surface area (Å²) in [5.41, 5.74) is 6.75. The molecule has 0 bridgehead atoms. The Balaban J connectivity index is 1.13. The first-order valence-corrected chi connectivity index (χ1v) is 13.8. The number of carbonyl (C=O) groups is 1. The van der Waals surface area contributed by atoms with E-state index in [4.69, 9.17) is 9.57 Å². The monoisotopic (exact) mass is 525 g/mol. The molecule has 1 N–H and O–H groups in total. The first-order valence-electron chi connectivity index (χ1n) is 13.8. The molecule has 1 saturated heterocycles. The van der Waals surface area contributed by atoms with Crippen LogP contribution in [0.4, 0.5) is 0 Å². The van der Waals surface area contributed by atoms with E-state index in [1.165, 1.54) is 11.1 Å². The van der Waals surface area contributed by atoms with E-state index in [1.807, 2.05) is 29.8 Å². The molecule has 2 atom stereocenters. The number of amides is 1. The molecule has 202 valence electrons. The molecule has 2 aromatic carbocycles. The molecule has 8 nitrogen and oxygen atoms in total. The van der Waals surface area contributed by atoms with Crippen LogP contribution in [0.2, 0.25) is 0 Å². The SMILES string of the molecule is COc1cc(/C=C2\CCCN3C2=NOC[C@@H]3CNC(=O)C2CCc3ccccc3C2)ccc1-n1cnc(C)c1. The van der Waals surface area contributed by atoms with Crippen molar-refractivity contribution < 1.29 is 14.4 Å². The molecule has 3 aromatic rings. The summed E-state index contributed by atoms with van der Waals surface area (Å²) in [7, 11) is 1.69. The fourth-order valence-corrected chi connectivity index (χ4v) is 5.92. The summed E-state index contributed by atoms with van der Waals surface area (Å²) >= 11 is 0. The Morgan fingerprint density at radius 3 is 2.90 bits per heavy atom. The standard InChI is InChI=1S/C31H35N5O3/c1-21-18-35(20-33-21)28-12-9-22(15-29(28)38-2)14-25-8-5-13-36-27(19-39-34-30(25)36)17-32-31(37)26-11-10-23-6-3-4-7-24(23)16-26/h3-4,6-7,9,12,14-15,18,20,26-27H,5,8,10-11,13,16-17,19H2,1-2H3,(H,32,37)/b25-14+/t26?,27-/m0/s1. The van der Waals surface area contributed by atoms with E-state index in [9.17, 15) is 4.79 Å². The molecule has 2 aliphatic heterocycles. The summed E-state index contributed by atoms with van der Waals surface area (Å²) in [5, 5.41) is 7.68. The van der Waals surface area contributed by atoms with Gasteiger partial charge in [0, 0.05) is 25.2 Å². The van der Waals surface area contributed by atoms with Crippen LogP contribution in [0.5, 0.6) is 5.75 Å². The highest BCUT2D eigenvalue weighted by molar-refractivity contribution is 6.03. The number of aryl methyl sites for hydroxylation is 2. The second-order valence-corrected chi connectivity index (χ2v) is 10.6. The Kier molecular flexibility index (Phi) is 7.09. The van der Waals surface area contributed by atoms with E-state index in [2.05, 4.69) is 56.8 Å². The van der Waals surface area contributed by atoms with Crippen molar-refractivity contribution in [2.45, 2.75) is 45.1 Å². The molecule has 39 heavy (non-hydrogen) atoms. The molecule has 3 aliphatic rings. The maximum atomic E-state index is 13.1. The molecule has 0 saturated carbocycles. The van der Waals surface area contributed by atoms with E-state index < -0.39 is 0 Å². The number of aromatic nitrogens is 2. The zero-order valence-electron chi connectivity index (χ0n) is 22.6. The molecule has 0 radical (unpaired) electrons. The third kappa shape index (κ3) is 5.28. The largest absolute Gasteiger partial charge is 0.495 e. The first-order chi connectivity index (χ1) is 19.1. The van der Waals surface area contributed by atoms with Gasteiger partial charge in [-0.25, -0.2) is 4.98 Å². The number of nitrogens with zero attached hydrogens (tertiary/aromatic N) is 4. The Hall–Kier alpha value is -4.07. The van der Waals surface area contributed by atoms with Gasteiger partial charge < -0.3 is 24.4 Å². The van der Waals surface area contributed by atoms with Gasteiger partial charge in [-0.3, -0.25) is 4.79 Å². The molecule has 3 heterocycles. The van der Waals surface area contributed by atoms with Gasteiger partial charge in [0.2, 0.25) is 5.91 Å². The number of oxime groups is 1. The number of amidine groups is 1. The highest BCUT2D eigenvalue weighted by Crippen LogP contribution is 2.30. The maximum Gasteiger partial charge on any atom is 0.223 e. The molecule has 6 rings (SSSR count). The van der Waals surface area contributed by atoms with Crippen molar-refractivity contribution in [3.63, 3.8) is 0 Å². The Morgan fingerprint density at radius 2 is 2.08 bits per heavy atom. The lowest BCUT2D eigenvalue weighted by Crippen LogP contribution is -2.54. The molecule has 8 heteroatoms. The zero-order chi connectivity index (χ0) is 26.8. The van der Waals surface area contributed by atoms with Gasteiger partial charge in [-0.1, -0.05) is 35.5 Å². The summed E-state index contributed by atoms with van der Waals surface area (Å²) in [6, 6.07) is 14.7. The number of ether oxygens (including phenoxy) is 1. The molecular weight excluding hydrogens is 490 g/mol. The van der Waals surface area contributed by atoms with Gasteiger partial charge in [-0.15, -0.1) is 0 Å². The number of nitrogens with one attached hydrogen (secondary N) is 1. The highest BCUT2D eigenvalue weighted by atomic mass is 16.6. The Labute approximate surface area is 229 Å². The van der Waals surface area contributed by atoms with Crippen LogP contribution < -0.4 is 10.1 Å². The second kappa shape index (κ2) is 11.0. The van der Waals surface area contributed by atoms with Crippen LogP contribution in [0, 0.1) is 12.8 Å². The number of imidazole rings is 1. The van der Waals surface area contributed by atoms with Crippen LogP contribution in [0.15, 0.2) is 65.7 Å². The molecule has 1 unspecified atom stereocenters.